The van der Waals surface area contributed by atoms with Crippen LogP contribution in [0.4, 0.5) is 5.69 Å². The van der Waals surface area contributed by atoms with E-state index in [4.69, 9.17) is 9.47 Å². The van der Waals surface area contributed by atoms with E-state index in [0.717, 1.165) is 55.5 Å². The van der Waals surface area contributed by atoms with E-state index in [1.54, 1.807) is 11.3 Å². The first-order chi connectivity index (χ1) is 12.8. The van der Waals surface area contributed by atoms with Gasteiger partial charge in [0.15, 0.2) is 0 Å². The summed E-state index contributed by atoms with van der Waals surface area (Å²) in [6, 6.07) is 9.36. The summed E-state index contributed by atoms with van der Waals surface area (Å²) in [4.78, 5) is 2.63. The molecule has 0 unspecified atom stereocenters. The highest BCUT2D eigenvalue weighted by atomic mass is 32.1. The monoisotopic (exact) mass is 370 g/mol. The number of nitrogens with one attached hydrogen (secondary N) is 1. The fraction of sp³-hybridized carbons (Fsp3) is 0.524. The third-order valence-corrected chi connectivity index (χ3v) is 6.81. The molecule has 0 amide bonds. The van der Waals surface area contributed by atoms with Crippen LogP contribution in [-0.4, -0.2) is 29.8 Å². The lowest BCUT2D eigenvalue weighted by Gasteiger charge is -2.47. The van der Waals surface area contributed by atoms with Crippen LogP contribution in [0.2, 0.25) is 0 Å². The Kier molecular flexibility index (Phi) is 4.39. The average molecular weight is 371 g/mol. The van der Waals surface area contributed by atoms with Crippen molar-refractivity contribution in [1.29, 1.82) is 0 Å². The number of piperidine rings is 1. The minimum Gasteiger partial charge on any atom is -0.462 e. The van der Waals surface area contributed by atoms with E-state index in [-0.39, 0.29) is 0 Å². The Bertz CT molecular complexity index is 749. The highest BCUT2D eigenvalue weighted by molar-refractivity contribution is 7.07. The summed E-state index contributed by atoms with van der Waals surface area (Å²) in [5, 5.41) is 7.78. The Hall–Kier alpha value is -1.56. The summed E-state index contributed by atoms with van der Waals surface area (Å²) in [6.45, 7) is 3.69. The van der Waals surface area contributed by atoms with E-state index >= 15 is 0 Å². The van der Waals surface area contributed by atoms with E-state index in [1.807, 2.05) is 0 Å². The van der Waals surface area contributed by atoms with Crippen LogP contribution in [0.3, 0.4) is 0 Å². The SMILES string of the molecule is c1cc(CNc2ccc3c(c2)COC2(CCN(C4CCC4)CC2)O3)cs1. The van der Waals surface area contributed by atoms with Gasteiger partial charge in [-0.15, -0.1) is 0 Å². The summed E-state index contributed by atoms with van der Waals surface area (Å²) >= 11 is 1.73. The quantitative estimate of drug-likeness (QED) is 0.852. The molecule has 2 aliphatic heterocycles. The Morgan fingerprint density at radius 1 is 1.19 bits per heavy atom. The molecule has 1 aromatic carbocycles. The Morgan fingerprint density at radius 3 is 2.81 bits per heavy atom. The zero-order chi connectivity index (χ0) is 17.4. The molecule has 1 saturated heterocycles. The molecule has 0 bridgehead atoms. The zero-order valence-corrected chi connectivity index (χ0v) is 15.9. The van der Waals surface area contributed by atoms with Gasteiger partial charge in [0.1, 0.15) is 5.75 Å². The lowest BCUT2D eigenvalue weighted by molar-refractivity contribution is -0.231. The summed E-state index contributed by atoms with van der Waals surface area (Å²) in [5.41, 5.74) is 3.59. The van der Waals surface area contributed by atoms with Gasteiger partial charge in [-0.05, 0) is 53.4 Å². The molecule has 0 radical (unpaired) electrons. The van der Waals surface area contributed by atoms with Crippen molar-refractivity contribution in [2.24, 2.45) is 0 Å². The Labute approximate surface area is 159 Å². The first-order valence-corrected chi connectivity index (χ1v) is 10.7. The van der Waals surface area contributed by atoms with Crippen molar-refractivity contribution in [2.75, 3.05) is 18.4 Å². The van der Waals surface area contributed by atoms with Gasteiger partial charge in [-0.25, -0.2) is 0 Å². The number of thiophene rings is 1. The van der Waals surface area contributed by atoms with E-state index in [0.29, 0.717) is 6.61 Å². The Balaban J connectivity index is 1.22. The van der Waals surface area contributed by atoms with Crippen molar-refractivity contribution in [1.82, 2.24) is 4.90 Å². The molecule has 26 heavy (non-hydrogen) atoms. The molecule has 5 heteroatoms. The normalized spacial score (nSPS) is 22.5. The molecule has 1 N–H and O–H groups in total. The van der Waals surface area contributed by atoms with Gasteiger partial charge >= 0.3 is 0 Å². The van der Waals surface area contributed by atoms with Crippen LogP contribution >= 0.6 is 11.3 Å². The first kappa shape index (κ1) is 16.6. The predicted molar refractivity (Wildman–Crippen MR) is 105 cm³/mol. The molecule has 2 fully saturated rings. The van der Waals surface area contributed by atoms with Crippen LogP contribution < -0.4 is 10.1 Å². The minimum atomic E-state index is -0.404. The molecule has 3 aliphatic rings. The molecule has 1 spiro atoms. The second kappa shape index (κ2) is 6.87. The van der Waals surface area contributed by atoms with E-state index in [9.17, 15) is 0 Å². The Morgan fingerprint density at radius 2 is 2.08 bits per heavy atom. The number of hydrogen-bond donors (Lipinski definition) is 1. The number of benzene rings is 1. The predicted octanol–water partition coefficient (Wildman–Crippen LogP) is 4.61. The molecular formula is C21H26N2O2S. The third kappa shape index (κ3) is 3.24. The lowest BCUT2D eigenvalue weighted by atomic mass is 9.89. The number of likely N-dealkylation sites (tertiary alicyclic amines) is 1. The summed E-state index contributed by atoms with van der Waals surface area (Å²) in [6.07, 6.45) is 6.09. The van der Waals surface area contributed by atoms with Gasteiger partial charge in [-0.3, -0.25) is 4.90 Å². The number of rotatable bonds is 4. The maximum atomic E-state index is 6.37. The highest BCUT2D eigenvalue weighted by Crippen LogP contribution is 2.40. The number of fused-ring (bicyclic) bond motifs is 1. The van der Waals surface area contributed by atoms with Crippen LogP contribution in [0.25, 0.3) is 0 Å². The first-order valence-electron chi connectivity index (χ1n) is 9.75. The second-order valence-electron chi connectivity index (χ2n) is 7.73. The summed E-state index contributed by atoms with van der Waals surface area (Å²) in [5.74, 6) is 0.591. The molecule has 5 rings (SSSR count). The fourth-order valence-electron chi connectivity index (χ4n) is 4.17. The van der Waals surface area contributed by atoms with E-state index in [2.05, 4.69) is 45.2 Å². The van der Waals surface area contributed by atoms with Crippen molar-refractivity contribution in [3.05, 3.63) is 46.2 Å². The van der Waals surface area contributed by atoms with Crippen LogP contribution in [0.15, 0.2) is 35.0 Å². The third-order valence-electron chi connectivity index (χ3n) is 6.07. The van der Waals surface area contributed by atoms with Crippen molar-refractivity contribution < 1.29 is 9.47 Å². The molecule has 4 nitrogen and oxygen atoms in total. The largest absolute Gasteiger partial charge is 0.462 e. The number of hydrogen-bond acceptors (Lipinski definition) is 5. The van der Waals surface area contributed by atoms with Gasteiger partial charge < -0.3 is 14.8 Å². The highest BCUT2D eigenvalue weighted by Gasteiger charge is 2.42. The van der Waals surface area contributed by atoms with Gasteiger partial charge in [0.25, 0.3) is 0 Å². The molecule has 0 atom stereocenters. The molecule has 2 aromatic rings. The molecular weight excluding hydrogens is 344 g/mol. The maximum Gasteiger partial charge on any atom is 0.213 e. The van der Waals surface area contributed by atoms with Crippen molar-refractivity contribution in [3.63, 3.8) is 0 Å². The fourth-order valence-corrected chi connectivity index (χ4v) is 4.83. The topological polar surface area (TPSA) is 33.7 Å². The lowest BCUT2D eigenvalue weighted by Crippen LogP contribution is -2.54. The van der Waals surface area contributed by atoms with E-state index in [1.165, 1.54) is 24.8 Å². The second-order valence-corrected chi connectivity index (χ2v) is 8.51. The molecule has 1 aromatic heterocycles. The van der Waals surface area contributed by atoms with Crippen molar-refractivity contribution in [3.8, 4) is 5.75 Å². The van der Waals surface area contributed by atoms with Crippen LogP contribution in [-0.2, 0) is 17.9 Å². The zero-order valence-electron chi connectivity index (χ0n) is 15.1. The smallest absolute Gasteiger partial charge is 0.213 e. The number of ether oxygens (including phenoxy) is 2. The maximum absolute atomic E-state index is 6.37. The average Bonchev–Trinajstić information content (AvgIpc) is 3.14. The van der Waals surface area contributed by atoms with Crippen LogP contribution in [0.5, 0.6) is 5.75 Å². The van der Waals surface area contributed by atoms with E-state index < -0.39 is 5.79 Å². The summed E-state index contributed by atoms with van der Waals surface area (Å²) in [7, 11) is 0. The van der Waals surface area contributed by atoms with Crippen molar-refractivity contribution in [2.45, 2.75) is 57.1 Å². The molecule has 1 saturated carbocycles. The number of nitrogens with zero attached hydrogens (tertiary/aromatic N) is 1. The molecule has 3 heterocycles. The molecule has 1 aliphatic carbocycles. The van der Waals surface area contributed by atoms with Gasteiger partial charge in [-0.1, -0.05) is 6.42 Å². The van der Waals surface area contributed by atoms with Crippen LogP contribution in [0.1, 0.15) is 43.2 Å². The molecule has 138 valence electrons. The minimum absolute atomic E-state index is 0.404. The number of anilines is 1. The van der Waals surface area contributed by atoms with Gasteiger partial charge in [0.05, 0.1) is 6.61 Å². The van der Waals surface area contributed by atoms with Gasteiger partial charge in [-0.2, -0.15) is 11.3 Å². The van der Waals surface area contributed by atoms with Gasteiger partial charge in [0, 0.05) is 49.8 Å². The van der Waals surface area contributed by atoms with Gasteiger partial charge in [0.2, 0.25) is 5.79 Å². The summed E-state index contributed by atoms with van der Waals surface area (Å²) < 4.78 is 12.6. The van der Waals surface area contributed by atoms with Crippen LogP contribution in [0, 0.1) is 0 Å². The van der Waals surface area contributed by atoms with Crippen molar-refractivity contribution >= 4 is 17.0 Å². The standard InChI is InChI=1S/C21H26N2O2S/c1-2-19(3-1)23-9-7-21(8-10-23)24-14-17-12-18(4-5-20(17)25-21)22-13-16-6-11-26-15-16/h4-6,11-12,15,19,22H,1-3,7-10,13-14H2.